The maximum absolute atomic E-state index is 11.9. The summed E-state index contributed by atoms with van der Waals surface area (Å²) >= 11 is 0. The lowest BCUT2D eigenvalue weighted by Gasteiger charge is -2.21. The van der Waals surface area contributed by atoms with Crippen molar-refractivity contribution < 1.29 is 4.74 Å². The number of rotatable bonds is 1. The molecule has 0 atom stereocenters. The highest BCUT2D eigenvalue weighted by Crippen LogP contribution is 2.27. The Morgan fingerprint density at radius 1 is 1.31 bits per heavy atom. The molecule has 86 valence electrons. The standard InChI is InChI=1S/C12H16N2O2/c1-12(2,3)14-10-8(13-11(14)15)6-5-7-9(10)16-4/h5-7H,1-4H3,(H,13,15). The molecule has 0 unspecified atom stereocenters. The Balaban J connectivity index is 2.92. The van der Waals surface area contributed by atoms with Crippen molar-refractivity contribution in [3.8, 4) is 5.75 Å². The number of nitrogens with one attached hydrogen (secondary N) is 1. The number of hydrogen-bond donors (Lipinski definition) is 1. The van der Waals surface area contributed by atoms with Crippen LogP contribution in [-0.2, 0) is 5.54 Å². The Bertz CT molecular complexity index is 573. The molecule has 0 fully saturated rings. The zero-order chi connectivity index (χ0) is 11.9. The average molecular weight is 220 g/mol. The molecule has 2 rings (SSSR count). The maximum atomic E-state index is 11.9. The molecule has 0 radical (unpaired) electrons. The highest BCUT2D eigenvalue weighted by Gasteiger charge is 2.21. The number of methoxy groups -OCH3 is 1. The third-order valence-electron chi connectivity index (χ3n) is 2.56. The summed E-state index contributed by atoms with van der Waals surface area (Å²) in [7, 11) is 1.61. The molecule has 0 aliphatic heterocycles. The van der Waals surface area contributed by atoms with Crippen LogP contribution in [0.2, 0.25) is 0 Å². The van der Waals surface area contributed by atoms with Gasteiger partial charge in [-0.15, -0.1) is 0 Å². The predicted octanol–water partition coefficient (Wildman–Crippen LogP) is 2.09. The number of fused-ring (bicyclic) bond motifs is 1. The minimum Gasteiger partial charge on any atom is -0.494 e. The number of para-hydroxylation sites is 1. The van der Waals surface area contributed by atoms with Crippen molar-refractivity contribution in [2.24, 2.45) is 0 Å². The fourth-order valence-electron chi connectivity index (χ4n) is 1.93. The van der Waals surface area contributed by atoms with Crippen LogP contribution in [0.5, 0.6) is 5.75 Å². The molecule has 0 amide bonds. The van der Waals surface area contributed by atoms with Gasteiger partial charge in [-0.05, 0) is 32.9 Å². The van der Waals surface area contributed by atoms with E-state index in [1.807, 2.05) is 39.0 Å². The first-order chi connectivity index (χ1) is 7.45. The van der Waals surface area contributed by atoms with Crippen molar-refractivity contribution in [2.75, 3.05) is 7.11 Å². The van der Waals surface area contributed by atoms with Gasteiger partial charge in [-0.2, -0.15) is 0 Å². The number of ether oxygens (including phenoxy) is 1. The Morgan fingerprint density at radius 2 is 2.00 bits per heavy atom. The van der Waals surface area contributed by atoms with Crippen molar-refractivity contribution in [2.45, 2.75) is 26.3 Å². The lowest BCUT2D eigenvalue weighted by molar-refractivity contribution is 0.382. The molecule has 0 bridgehead atoms. The fourth-order valence-corrected chi connectivity index (χ4v) is 1.93. The number of hydrogen-bond acceptors (Lipinski definition) is 2. The van der Waals surface area contributed by atoms with Crippen LogP contribution in [0.1, 0.15) is 20.8 Å². The van der Waals surface area contributed by atoms with E-state index >= 15 is 0 Å². The zero-order valence-electron chi connectivity index (χ0n) is 10.00. The number of benzene rings is 1. The molecule has 1 aromatic heterocycles. The van der Waals surface area contributed by atoms with Crippen LogP contribution in [0.25, 0.3) is 11.0 Å². The Morgan fingerprint density at radius 3 is 2.56 bits per heavy atom. The summed E-state index contributed by atoms with van der Waals surface area (Å²) < 4.78 is 7.02. The van der Waals surface area contributed by atoms with E-state index in [-0.39, 0.29) is 11.2 Å². The molecule has 0 saturated carbocycles. The Hall–Kier alpha value is -1.71. The Kier molecular flexibility index (Phi) is 2.30. The fraction of sp³-hybridized carbons (Fsp3) is 0.417. The van der Waals surface area contributed by atoms with Gasteiger partial charge in [0.2, 0.25) is 0 Å². The second-order valence-corrected chi connectivity index (χ2v) is 4.79. The van der Waals surface area contributed by atoms with Crippen molar-refractivity contribution in [3.63, 3.8) is 0 Å². The third kappa shape index (κ3) is 1.50. The van der Waals surface area contributed by atoms with Crippen LogP contribution in [0.3, 0.4) is 0 Å². The summed E-state index contributed by atoms with van der Waals surface area (Å²) in [5.74, 6) is 0.714. The normalized spacial score (nSPS) is 12.0. The van der Waals surface area contributed by atoms with Gasteiger partial charge in [-0.25, -0.2) is 4.79 Å². The van der Waals surface area contributed by atoms with Gasteiger partial charge in [0.1, 0.15) is 11.3 Å². The molecule has 4 heteroatoms. The summed E-state index contributed by atoms with van der Waals surface area (Å²) in [5.41, 5.74) is 1.25. The molecule has 0 saturated heterocycles. The zero-order valence-corrected chi connectivity index (χ0v) is 10.00. The van der Waals surface area contributed by atoms with Crippen LogP contribution in [-0.4, -0.2) is 16.7 Å². The molecule has 0 aliphatic rings. The van der Waals surface area contributed by atoms with E-state index in [1.165, 1.54) is 0 Å². The first-order valence-electron chi connectivity index (χ1n) is 5.23. The Labute approximate surface area is 93.9 Å². The highest BCUT2D eigenvalue weighted by molar-refractivity contribution is 5.82. The SMILES string of the molecule is COc1cccc2[nH]c(=O)n(C(C)(C)C)c12. The largest absolute Gasteiger partial charge is 0.494 e. The lowest BCUT2D eigenvalue weighted by Crippen LogP contribution is -2.31. The van der Waals surface area contributed by atoms with E-state index < -0.39 is 0 Å². The molecule has 0 spiro atoms. The second-order valence-electron chi connectivity index (χ2n) is 4.79. The van der Waals surface area contributed by atoms with Gasteiger partial charge in [0.05, 0.1) is 12.6 Å². The third-order valence-corrected chi connectivity index (χ3v) is 2.56. The van der Waals surface area contributed by atoms with Crippen molar-refractivity contribution in [1.29, 1.82) is 0 Å². The van der Waals surface area contributed by atoms with Crippen LogP contribution in [0.15, 0.2) is 23.0 Å². The van der Waals surface area contributed by atoms with E-state index in [1.54, 1.807) is 11.7 Å². The monoisotopic (exact) mass is 220 g/mol. The topological polar surface area (TPSA) is 47.0 Å². The number of aromatic amines is 1. The van der Waals surface area contributed by atoms with E-state index in [2.05, 4.69) is 4.98 Å². The summed E-state index contributed by atoms with van der Waals surface area (Å²) in [5, 5.41) is 0. The molecular formula is C12H16N2O2. The van der Waals surface area contributed by atoms with Crippen LogP contribution >= 0.6 is 0 Å². The van der Waals surface area contributed by atoms with Gasteiger partial charge in [-0.1, -0.05) is 6.07 Å². The van der Waals surface area contributed by atoms with Crippen molar-refractivity contribution >= 4 is 11.0 Å². The van der Waals surface area contributed by atoms with Gasteiger partial charge in [0.15, 0.2) is 0 Å². The van der Waals surface area contributed by atoms with Crippen LogP contribution in [0, 0.1) is 0 Å². The average Bonchev–Trinajstić information content (AvgIpc) is 2.52. The number of nitrogens with zero attached hydrogens (tertiary/aromatic N) is 1. The number of aromatic nitrogens is 2. The molecule has 0 aliphatic carbocycles. The maximum Gasteiger partial charge on any atom is 0.327 e. The van der Waals surface area contributed by atoms with Gasteiger partial charge >= 0.3 is 5.69 Å². The van der Waals surface area contributed by atoms with E-state index in [0.717, 1.165) is 11.0 Å². The first kappa shape index (κ1) is 10.8. The summed E-state index contributed by atoms with van der Waals surface area (Å²) in [6.45, 7) is 5.98. The number of imidazole rings is 1. The van der Waals surface area contributed by atoms with Crippen LogP contribution in [0.4, 0.5) is 0 Å². The molecule has 2 aromatic rings. The van der Waals surface area contributed by atoms with Gasteiger partial charge in [-0.3, -0.25) is 4.57 Å². The second kappa shape index (κ2) is 3.40. The lowest BCUT2D eigenvalue weighted by atomic mass is 10.1. The van der Waals surface area contributed by atoms with E-state index in [0.29, 0.717) is 5.75 Å². The van der Waals surface area contributed by atoms with Gasteiger partial charge in [0.25, 0.3) is 0 Å². The quantitative estimate of drug-likeness (QED) is 0.800. The minimum atomic E-state index is -0.274. The molecule has 1 N–H and O–H groups in total. The highest BCUT2D eigenvalue weighted by atomic mass is 16.5. The van der Waals surface area contributed by atoms with Crippen molar-refractivity contribution in [1.82, 2.24) is 9.55 Å². The summed E-state index contributed by atoms with van der Waals surface area (Å²) in [6, 6.07) is 5.60. The minimum absolute atomic E-state index is 0.105. The first-order valence-corrected chi connectivity index (χ1v) is 5.23. The van der Waals surface area contributed by atoms with Gasteiger partial charge < -0.3 is 9.72 Å². The summed E-state index contributed by atoms with van der Waals surface area (Å²) in [6.07, 6.45) is 0. The van der Waals surface area contributed by atoms with E-state index in [9.17, 15) is 4.79 Å². The number of H-pyrrole nitrogens is 1. The molecule has 4 nitrogen and oxygen atoms in total. The molecule has 16 heavy (non-hydrogen) atoms. The molecule has 1 heterocycles. The smallest absolute Gasteiger partial charge is 0.327 e. The van der Waals surface area contributed by atoms with Gasteiger partial charge in [0, 0.05) is 5.54 Å². The van der Waals surface area contributed by atoms with Crippen LogP contribution < -0.4 is 10.4 Å². The van der Waals surface area contributed by atoms with Crippen molar-refractivity contribution in [3.05, 3.63) is 28.7 Å². The summed E-state index contributed by atoms with van der Waals surface area (Å²) in [4.78, 5) is 14.7. The molecular weight excluding hydrogens is 204 g/mol. The predicted molar refractivity (Wildman–Crippen MR) is 64.1 cm³/mol. The van der Waals surface area contributed by atoms with E-state index in [4.69, 9.17) is 4.74 Å². The molecule has 1 aromatic carbocycles.